The van der Waals surface area contributed by atoms with E-state index in [1.807, 2.05) is 11.4 Å². The second kappa shape index (κ2) is 5.34. The highest BCUT2D eigenvalue weighted by Crippen LogP contribution is 2.28. The molecule has 1 atom stereocenters. The zero-order valence-corrected chi connectivity index (χ0v) is 12.3. The molecule has 0 amide bonds. The van der Waals surface area contributed by atoms with Gasteiger partial charge < -0.3 is 5.11 Å². The molecule has 0 radical (unpaired) electrons. The molecule has 1 aromatic heterocycles. The van der Waals surface area contributed by atoms with E-state index in [0.29, 0.717) is 6.42 Å². The van der Waals surface area contributed by atoms with Gasteiger partial charge in [0, 0.05) is 21.2 Å². The van der Waals surface area contributed by atoms with Crippen LogP contribution in [0.1, 0.15) is 27.7 Å². The number of aliphatic hydroxyl groups excluding tert-OH is 1. The van der Waals surface area contributed by atoms with Gasteiger partial charge in [-0.25, -0.2) is 0 Å². The number of aliphatic hydroxyl groups is 1. The van der Waals surface area contributed by atoms with Crippen molar-refractivity contribution in [3.05, 3.63) is 55.7 Å². The van der Waals surface area contributed by atoms with Gasteiger partial charge in [0.25, 0.3) is 0 Å². The molecule has 1 unspecified atom stereocenters. The van der Waals surface area contributed by atoms with Crippen molar-refractivity contribution in [1.29, 1.82) is 0 Å². The number of hydrogen-bond donors (Lipinski definition) is 1. The van der Waals surface area contributed by atoms with E-state index >= 15 is 0 Å². The maximum absolute atomic E-state index is 10.2. The Bertz CT molecular complexity index is 498. The van der Waals surface area contributed by atoms with Gasteiger partial charge in [-0.15, -0.1) is 11.3 Å². The first-order valence-electron chi connectivity index (χ1n) is 5.54. The summed E-state index contributed by atoms with van der Waals surface area (Å²) in [6.07, 6.45) is 0.266. The van der Waals surface area contributed by atoms with Crippen LogP contribution in [-0.2, 0) is 6.42 Å². The second-order valence-corrected chi connectivity index (χ2v) is 6.24. The molecule has 1 aromatic carbocycles. The molecule has 0 aliphatic rings. The maximum atomic E-state index is 10.2. The molecule has 0 aliphatic heterocycles. The molecule has 0 bridgehead atoms. The minimum atomic E-state index is -0.410. The van der Waals surface area contributed by atoms with E-state index < -0.39 is 6.10 Å². The summed E-state index contributed by atoms with van der Waals surface area (Å²) in [4.78, 5) is 1.01. The zero-order valence-electron chi connectivity index (χ0n) is 9.90. The summed E-state index contributed by atoms with van der Waals surface area (Å²) in [6.45, 7) is 4.18. The van der Waals surface area contributed by atoms with Crippen LogP contribution in [0.3, 0.4) is 0 Å². The average molecular weight is 311 g/mol. The number of hydrogen-bond acceptors (Lipinski definition) is 2. The first kappa shape index (κ1) is 12.8. The summed E-state index contributed by atoms with van der Waals surface area (Å²) in [7, 11) is 0. The lowest BCUT2D eigenvalue weighted by Crippen LogP contribution is -2.00. The highest BCUT2D eigenvalue weighted by atomic mass is 79.9. The van der Waals surface area contributed by atoms with E-state index in [9.17, 15) is 5.11 Å². The summed E-state index contributed by atoms with van der Waals surface area (Å²) < 4.78 is 1.04. The van der Waals surface area contributed by atoms with E-state index in [0.717, 1.165) is 9.35 Å². The lowest BCUT2D eigenvalue weighted by Gasteiger charge is -2.10. The van der Waals surface area contributed by atoms with Gasteiger partial charge in [-0.05, 0) is 41.4 Å². The average Bonchev–Trinajstić information content (AvgIpc) is 2.63. The molecule has 0 fully saturated rings. The number of benzene rings is 1. The van der Waals surface area contributed by atoms with Crippen molar-refractivity contribution in [2.45, 2.75) is 26.4 Å². The first-order valence-corrected chi connectivity index (χ1v) is 7.21. The fraction of sp³-hybridized carbons (Fsp3) is 0.286. The Labute approximate surface area is 114 Å². The molecule has 90 valence electrons. The number of thiophene rings is 1. The van der Waals surface area contributed by atoms with Gasteiger partial charge in [0.05, 0.1) is 6.10 Å². The van der Waals surface area contributed by atoms with Gasteiger partial charge in [-0.3, -0.25) is 0 Å². The third-order valence-corrected chi connectivity index (χ3v) is 4.42. The maximum Gasteiger partial charge on any atom is 0.0922 e. The highest BCUT2D eigenvalue weighted by molar-refractivity contribution is 9.10. The van der Waals surface area contributed by atoms with E-state index in [2.05, 4.69) is 48.0 Å². The van der Waals surface area contributed by atoms with Crippen molar-refractivity contribution in [3.8, 4) is 0 Å². The Morgan fingerprint density at radius 3 is 2.35 bits per heavy atom. The van der Waals surface area contributed by atoms with Crippen molar-refractivity contribution in [2.24, 2.45) is 0 Å². The van der Waals surface area contributed by atoms with E-state index in [1.165, 1.54) is 16.7 Å². The third-order valence-electron chi connectivity index (χ3n) is 2.63. The van der Waals surface area contributed by atoms with Gasteiger partial charge in [0.15, 0.2) is 0 Å². The van der Waals surface area contributed by atoms with Crippen LogP contribution in [-0.4, -0.2) is 5.11 Å². The van der Waals surface area contributed by atoms with Gasteiger partial charge in [0.1, 0.15) is 0 Å². The molecule has 0 saturated heterocycles. The number of aryl methyl sites for hydroxylation is 2. The van der Waals surface area contributed by atoms with Gasteiger partial charge in [-0.2, -0.15) is 0 Å². The predicted molar refractivity (Wildman–Crippen MR) is 76.6 cm³/mol. The predicted octanol–water partition coefficient (Wildman–Crippen LogP) is 4.40. The van der Waals surface area contributed by atoms with Crippen LogP contribution in [0, 0.1) is 13.8 Å². The molecule has 2 rings (SSSR count). The lowest BCUT2D eigenvalue weighted by molar-refractivity contribution is 0.182. The quantitative estimate of drug-likeness (QED) is 0.890. The van der Waals surface area contributed by atoms with E-state index in [1.54, 1.807) is 11.3 Å². The van der Waals surface area contributed by atoms with Gasteiger partial charge >= 0.3 is 0 Å². The lowest BCUT2D eigenvalue weighted by atomic mass is 10.0. The van der Waals surface area contributed by atoms with Crippen LogP contribution in [0.15, 0.2) is 34.1 Å². The smallest absolute Gasteiger partial charge is 0.0922 e. The highest BCUT2D eigenvalue weighted by Gasteiger charge is 2.11. The molecule has 1 heterocycles. The second-order valence-electron chi connectivity index (χ2n) is 4.38. The van der Waals surface area contributed by atoms with E-state index in [4.69, 9.17) is 0 Å². The Morgan fingerprint density at radius 2 is 1.82 bits per heavy atom. The van der Waals surface area contributed by atoms with Gasteiger partial charge in [0.2, 0.25) is 0 Å². The molecular weight excluding hydrogens is 296 g/mol. The molecule has 17 heavy (non-hydrogen) atoms. The first-order chi connectivity index (χ1) is 8.04. The van der Waals surface area contributed by atoms with Gasteiger partial charge in [-0.1, -0.05) is 29.3 Å². The molecule has 3 heteroatoms. The molecule has 2 aromatic rings. The number of halogens is 1. The van der Waals surface area contributed by atoms with Crippen molar-refractivity contribution >= 4 is 27.3 Å². The van der Waals surface area contributed by atoms with Crippen LogP contribution in [0.4, 0.5) is 0 Å². The zero-order chi connectivity index (χ0) is 12.4. The normalized spacial score (nSPS) is 12.7. The Morgan fingerprint density at radius 1 is 1.18 bits per heavy atom. The fourth-order valence-electron chi connectivity index (χ4n) is 2.01. The van der Waals surface area contributed by atoms with E-state index in [-0.39, 0.29) is 0 Å². The molecule has 0 saturated carbocycles. The molecule has 1 nitrogen and oxygen atoms in total. The summed E-state index contributed by atoms with van der Waals surface area (Å²) in [5.74, 6) is 0. The third kappa shape index (κ3) is 3.41. The number of rotatable bonds is 3. The van der Waals surface area contributed by atoms with Crippen LogP contribution < -0.4 is 0 Å². The van der Waals surface area contributed by atoms with Crippen molar-refractivity contribution in [1.82, 2.24) is 0 Å². The Hall–Kier alpha value is -0.640. The van der Waals surface area contributed by atoms with Crippen LogP contribution >= 0.6 is 27.3 Å². The summed E-state index contributed by atoms with van der Waals surface area (Å²) >= 11 is 5.00. The summed E-state index contributed by atoms with van der Waals surface area (Å²) in [5.41, 5.74) is 3.69. The molecule has 0 spiro atoms. The SMILES string of the molecule is Cc1cc(C)cc(CC(O)c2cc(Br)cs2)c1. The minimum Gasteiger partial charge on any atom is -0.387 e. The topological polar surface area (TPSA) is 20.2 Å². The van der Waals surface area contributed by atoms with Crippen molar-refractivity contribution < 1.29 is 5.11 Å². The largest absolute Gasteiger partial charge is 0.387 e. The monoisotopic (exact) mass is 310 g/mol. The molecular formula is C14H15BrOS. The fourth-order valence-corrected chi connectivity index (χ4v) is 3.44. The summed E-state index contributed by atoms with van der Waals surface area (Å²) in [6, 6.07) is 8.41. The van der Waals surface area contributed by atoms with Crippen molar-refractivity contribution in [2.75, 3.05) is 0 Å². The van der Waals surface area contributed by atoms with Crippen LogP contribution in [0.5, 0.6) is 0 Å². The summed E-state index contributed by atoms with van der Waals surface area (Å²) in [5, 5.41) is 12.2. The molecule has 0 aliphatic carbocycles. The minimum absolute atomic E-state index is 0.410. The Kier molecular flexibility index (Phi) is 4.02. The standard InChI is InChI=1S/C14H15BrOS/c1-9-3-10(2)5-11(4-9)6-13(16)14-7-12(15)8-17-14/h3-5,7-8,13,16H,6H2,1-2H3. The Balaban J connectivity index is 2.15. The van der Waals surface area contributed by atoms with Crippen molar-refractivity contribution in [3.63, 3.8) is 0 Å². The van der Waals surface area contributed by atoms with Crippen LogP contribution in [0.2, 0.25) is 0 Å². The van der Waals surface area contributed by atoms with Crippen LogP contribution in [0.25, 0.3) is 0 Å². The molecule has 1 N–H and O–H groups in total.